The average Bonchev–Trinajstić information content (AvgIpc) is 3.69. The molecule has 1 aliphatic heterocycles. The van der Waals surface area contributed by atoms with Gasteiger partial charge in [-0.3, -0.25) is 0 Å². The zero-order valence-electron chi connectivity index (χ0n) is 40.3. The minimum Gasteiger partial charge on any atom is -0.491 e. The number of rotatable bonds is 17. The molecule has 4 heterocycles. The van der Waals surface area contributed by atoms with Gasteiger partial charge in [-0.2, -0.15) is 8.78 Å². The van der Waals surface area contributed by atoms with Crippen LogP contribution in [0.5, 0.6) is 34.5 Å². The Labute approximate surface area is 420 Å². The van der Waals surface area contributed by atoms with Gasteiger partial charge in [0, 0.05) is 38.9 Å². The van der Waals surface area contributed by atoms with Gasteiger partial charge >= 0.3 is 0 Å². The Morgan fingerprint density at radius 3 is 1.22 bits per heavy atom. The fraction of sp³-hybridized carbons (Fsp3) is 0.357. The highest BCUT2D eigenvalue weighted by molar-refractivity contribution is 7.26. The zero-order chi connectivity index (χ0) is 50.5. The normalized spacial score (nSPS) is 14.5. The maximum Gasteiger partial charge on any atom is 0.208 e. The fourth-order valence-electron chi connectivity index (χ4n) is 8.53. The van der Waals surface area contributed by atoms with Crippen LogP contribution in [0.15, 0.2) is 77.2 Å². The van der Waals surface area contributed by atoms with Crippen LogP contribution in [0.3, 0.4) is 0 Å². The van der Waals surface area contributed by atoms with Crippen molar-refractivity contribution in [1.82, 2.24) is 0 Å². The highest BCUT2D eigenvalue weighted by Gasteiger charge is 2.25. The number of ether oxygens (including phenoxy) is 7. The third-order valence-corrected chi connectivity index (χ3v) is 14.8. The van der Waals surface area contributed by atoms with E-state index in [2.05, 4.69) is 6.92 Å². The summed E-state index contributed by atoms with van der Waals surface area (Å²) < 4.78 is 133. The molecule has 6 aromatic carbocycles. The Kier molecular flexibility index (Phi) is 16.1. The van der Waals surface area contributed by atoms with E-state index in [1.54, 1.807) is 87.5 Å². The molecule has 16 heteroatoms. The first-order valence-corrected chi connectivity index (χ1v) is 26.1. The second kappa shape index (κ2) is 22.8. The summed E-state index contributed by atoms with van der Waals surface area (Å²) in [6.07, 6.45) is 7.21. The molecular formula is C56H54F6O8S2. The number of unbranched alkanes of at least 4 members (excludes halogenated alkanes) is 2. The standard InChI is InChI=1S/C19H18F2O3S.C19H20F2O3.C18H16F2O2S/c1-2-22-14-7-5-12-13-6-8-15(24-10-11-4-3-9-23-11)17(21)19(13)25-18(12)16(14)20;1-3-5-6-11-23-15-10-8-13-12-7-9-14(22-4-2)16(20)18(12)24-19(13)17(15)21;1-2-21-13-7-5-11-12-6-8-14(22-9-10-3-4-10)16(20)18(12)23-17(11)15(13)19/h5-8,11H,2-4,9-10H2,1H3;7-10H,3-6,11H2,1-2H3;5-8,10H,2-4,9H2,1H3. The second-order valence-electron chi connectivity index (χ2n) is 17.4. The Hall–Kier alpha value is -6.10. The van der Waals surface area contributed by atoms with Crippen LogP contribution in [-0.4, -0.2) is 52.4 Å². The highest BCUT2D eigenvalue weighted by atomic mass is 32.1. The molecule has 380 valence electrons. The molecule has 0 bridgehead atoms. The molecule has 8 nitrogen and oxygen atoms in total. The van der Waals surface area contributed by atoms with E-state index in [0.717, 1.165) is 74.2 Å². The molecule has 9 aromatic rings. The van der Waals surface area contributed by atoms with Crippen LogP contribution in [0.25, 0.3) is 62.3 Å². The SMILES string of the molecule is CCCCCOc1ccc2c(oc3c(F)c(OCC)ccc32)c1F.CCOc1ccc2c(sc3c(F)c(OCC4CC4)ccc32)c1F.CCOc1ccc2c(sc3c(F)c(OCC4CCCO4)ccc32)c1F. The summed E-state index contributed by atoms with van der Waals surface area (Å²) in [5, 5.41) is 3.82. The lowest BCUT2D eigenvalue weighted by Crippen LogP contribution is -2.16. The molecule has 0 N–H and O–H groups in total. The van der Waals surface area contributed by atoms with Crippen LogP contribution >= 0.6 is 22.7 Å². The van der Waals surface area contributed by atoms with Crippen molar-refractivity contribution in [3.8, 4) is 34.5 Å². The number of furan rings is 1. The smallest absolute Gasteiger partial charge is 0.208 e. The lowest BCUT2D eigenvalue weighted by molar-refractivity contribution is 0.0667. The largest absolute Gasteiger partial charge is 0.491 e. The first kappa shape index (κ1) is 50.8. The van der Waals surface area contributed by atoms with Crippen molar-refractivity contribution in [2.75, 3.05) is 46.2 Å². The lowest BCUT2D eigenvalue weighted by atomic mass is 10.1. The van der Waals surface area contributed by atoms with Crippen LogP contribution in [0, 0.1) is 40.8 Å². The van der Waals surface area contributed by atoms with Gasteiger partial charge in [-0.05, 0) is 132 Å². The molecule has 2 aliphatic rings. The van der Waals surface area contributed by atoms with Crippen LogP contribution in [-0.2, 0) is 4.74 Å². The van der Waals surface area contributed by atoms with Crippen molar-refractivity contribution in [2.24, 2.45) is 5.92 Å². The van der Waals surface area contributed by atoms with Crippen LogP contribution in [0.4, 0.5) is 26.3 Å². The summed E-state index contributed by atoms with van der Waals surface area (Å²) in [7, 11) is 0. The Morgan fingerprint density at radius 2 is 0.833 bits per heavy atom. The van der Waals surface area contributed by atoms with Crippen molar-refractivity contribution in [2.45, 2.75) is 78.7 Å². The molecule has 72 heavy (non-hydrogen) atoms. The summed E-state index contributed by atoms with van der Waals surface area (Å²) in [6.45, 7) is 10.6. The molecule has 0 amide bonds. The number of fused-ring (bicyclic) bond motifs is 9. The maximum atomic E-state index is 14.9. The van der Waals surface area contributed by atoms with E-state index in [0.29, 0.717) is 96.7 Å². The van der Waals surface area contributed by atoms with Gasteiger partial charge in [-0.1, -0.05) is 19.8 Å². The van der Waals surface area contributed by atoms with Gasteiger partial charge in [0.05, 0.1) is 57.9 Å². The van der Waals surface area contributed by atoms with Crippen LogP contribution < -0.4 is 28.4 Å². The monoisotopic (exact) mass is 1030 g/mol. The van der Waals surface area contributed by atoms with Crippen LogP contribution in [0.1, 0.15) is 72.6 Å². The number of halogens is 6. The number of thiophene rings is 2. The van der Waals surface area contributed by atoms with Gasteiger partial charge < -0.3 is 37.6 Å². The van der Waals surface area contributed by atoms with Gasteiger partial charge in [-0.25, -0.2) is 17.6 Å². The summed E-state index contributed by atoms with van der Waals surface area (Å²) in [4.78, 5) is 0. The van der Waals surface area contributed by atoms with Gasteiger partial charge in [0.25, 0.3) is 0 Å². The molecule has 2 fully saturated rings. The first-order chi connectivity index (χ1) is 35.0. The molecule has 1 aliphatic carbocycles. The predicted molar refractivity (Wildman–Crippen MR) is 273 cm³/mol. The number of benzene rings is 6. The fourth-order valence-corrected chi connectivity index (χ4v) is 10.8. The lowest BCUT2D eigenvalue weighted by Gasteiger charge is -2.12. The Morgan fingerprint density at radius 1 is 0.444 bits per heavy atom. The van der Waals surface area contributed by atoms with E-state index in [1.807, 2.05) is 0 Å². The molecule has 1 saturated heterocycles. The first-order valence-electron chi connectivity index (χ1n) is 24.4. The van der Waals surface area contributed by atoms with E-state index >= 15 is 0 Å². The summed E-state index contributed by atoms with van der Waals surface area (Å²) in [5.74, 6) is -1.33. The van der Waals surface area contributed by atoms with Gasteiger partial charge in [0.2, 0.25) is 11.6 Å². The molecule has 11 rings (SSSR count). The molecule has 3 aromatic heterocycles. The molecule has 1 atom stereocenters. The van der Waals surface area contributed by atoms with Gasteiger partial charge in [-0.15, -0.1) is 22.7 Å². The predicted octanol–water partition coefficient (Wildman–Crippen LogP) is 16.6. The van der Waals surface area contributed by atoms with E-state index < -0.39 is 34.9 Å². The third-order valence-electron chi connectivity index (χ3n) is 12.4. The number of hydrogen-bond donors (Lipinski definition) is 0. The summed E-state index contributed by atoms with van der Waals surface area (Å²) in [6, 6.07) is 20.0. The topological polar surface area (TPSA) is 77.8 Å². The minimum atomic E-state index is -0.615. The third kappa shape index (κ3) is 10.5. The van der Waals surface area contributed by atoms with Crippen molar-refractivity contribution in [3.05, 3.63) is 108 Å². The van der Waals surface area contributed by atoms with E-state index in [-0.39, 0.29) is 51.8 Å². The van der Waals surface area contributed by atoms with Crippen molar-refractivity contribution in [3.63, 3.8) is 0 Å². The summed E-state index contributed by atoms with van der Waals surface area (Å²) >= 11 is 2.19. The molecule has 0 spiro atoms. The van der Waals surface area contributed by atoms with Crippen LogP contribution in [0.2, 0.25) is 0 Å². The zero-order valence-corrected chi connectivity index (χ0v) is 42.0. The van der Waals surface area contributed by atoms with Crippen molar-refractivity contribution >= 4 is 85.0 Å². The summed E-state index contributed by atoms with van der Waals surface area (Å²) in [5.41, 5.74) is 0.00326. The minimum absolute atomic E-state index is 0.00187. The maximum absolute atomic E-state index is 14.9. The van der Waals surface area contributed by atoms with Crippen molar-refractivity contribution in [1.29, 1.82) is 0 Å². The molecule has 1 saturated carbocycles. The molecule has 0 radical (unpaired) electrons. The van der Waals surface area contributed by atoms with E-state index in [1.165, 1.54) is 6.07 Å². The molecular weight excluding hydrogens is 979 g/mol. The van der Waals surface area contributed by atoms with E-state index in [9.17, 15) is 26.3 Å². The van der Waals surface area contributed by atoms with Gasteiger partial charge in [0.1, 0.15) is 6.61 Å². The quantitative estimate of drug-likeness (QED) is 0.0659. The Bertz CT molecular complexity index is 3360. The van der Waals surface area contributed by atoms with Gasteiger partial charge in [0.15, 0.2) is 68.9 Å². The number of hydrogen-bond acceptors (Lipinski definition) is 10. The van der Waals surface area contributed by atoms with E-state index in [4.69, 9.17) is 37.6 Å². The second-order valence-corrected chi connectivity index (χ2v) is 19.4. The van der Waals surface area contributed by atoms with Crippen molar-refractivity contribution < 1.29 is 63.9 Å². The highest BCUT2D eigenvalue weighted by Crippen LogP contribution is 2.44. The molecule has 1 unspecified atom stereocenters. The average molecular weight is 1030 g/mol. The Balaban J connectivity index is 0.000000133.